The van der Waals surface area contributed by atoms with Gasteiger partial charge < -0.3 is 10.5 Å². The van der Waals surface area contributed by atoms with E-state index in [1.54, 1.807) is 11.8 Å². The van der Waals surface area contributed by atoms with Gasteiger partial charge in [-0.3, -0.25) is 0 Å². The molecule has 2 aromatic carbocycles. The Balaban J connectivity index is 1.76. The zero-order chi connectivity index (χ0) is 11.9. The molecule has 0 aliphatic heterocycles. The van der Waals surface area contributed by atoms with Gasteiger partial charge >= 0.3 is 0 Å². The van der Waals surface area contributed by atoms with Gasteiger partial charge in [-0.05, 0) is 24.3 Å². The van der Waals surface area contributed by atoms with Crippen molar-refractivity contribution in [1.82, 2.24) is 0 Å². The van der Waals surface area contributed by atoms with Crippen molar-refractivity contribution in [1.29, 1.82) is 0 Å². The molecule has 3 heteroatoms. The summed E-state index contributed by atoms with van der Waals surface area (Å²) in [5, 5.41) is 0. The molecule has 0 bridgehead atoms. The number of para-hydroxylation sites is 2. The van der Waals surface area contributed by atoms with Crippen molar-refractivity contribution in [2.24, 2.45) is 0 Å². The summed E-state index contributed by atoms with van der Waals surface area (Å²) in [5.74, 6) is 1.80. The molecular formula is C14H15NOS. The van der Waals surface area contributed by atoms with Gasteiger partial charge in [0.2, 0.25) is 0 Å². The van der Waals surface area contributed by atoms with E-state index in [4.69, 9.17) is 10.5 Å². The van der Waals surface area contributed by atoms with E-state index in [0.717, 1.165) is 22.1 Å². The molecule has 2 N–H and O–H groups in total. The molecule has 17 heavy (non-hydrogen) atoms. The van der Waals surface area contributed by atoms with E-state index in [1.165, 1.54) is 0 Å². The lowest BCUT2D eigenvalue weighted by Crippen LogP contribution is -2.00. The SMILES string of the molecule is Nc1ccccc1SCCOc1ccccc1. The van der Waals surface area contributed by atoms with E-state index in [0.29, 0.717) is 6.61 Å². The number of nitrogen functional groups attached to an aromatic ring is 1. The van der Waals surface area contributed by atoms with E-state index >= 15 is 0 Å². The van der Waals surface area contributed by atoms with Gasteiger partial charge in [-0.2, -0.15) is 0 Å². The third kappa shape index (κ3) is 3.71. The molecule has 0 saturated heterocycles. The fourth-order valence-corrected chi connectivity index (χ4v) is 2.24. The Bertz CT molecular complexity index is 459. The highest BCUT2D eigenvalue weighted by Gasteiger charge is 1.98. The number of ether oxygens (including phenoxy) is 1. The average molecular weight is 245 g/mol. The highest BCUT2D eigenvalue weighted by Crippen LogP contribution is 2.24. The van der Waals surface area contributed by atoms with Gasteiger partial charge in [-0.1, -0.05) is 30.3 Å². The van der Waals surface area contributed by atoms with E-state index in [2.05, 4.69) is 0 Å². The van der Waals surface area contributed by atoms with Crippen molar-refractivity contribution in [3.63, 3.8) is 0 Å². The zero-order valence-electron chi connectivity index (χ0n) is 9.50. The van der Waals surface area contributed by atoms with E-state index < -0.39 is 0 Å². The van der Waals surface area contributed by atoms with Crippen LogP contribution in [0.15, 0.2) is 59.5 Å². The maximum atomic E-state index is 5.85. The molecule has 0 atom stereocenters. The monoisotopic (exact) mass is 245 g/mol. The molecular weight excluding hydrogens is 230 g/mol. The molecule has 0 radical (unpaired) electrons. The summed E-state index contributed by atoms with van der Waals surface area (Å²) < 4.78 is 5.61. The van der Waals surface area contributed by atoms with E-state index in [-0.39, 0.29) is 0 Å². The number of thioether (sulfide) groups is 1. The van der Waals surface area contributed by atoms with Crippen LogP contribution in [0.1, 0.15) is 0 Å². The quantitative estimate of drug-likeness (QED) is 0.498. The second-order valence-corrected chi connectivity index (χ2v) is 4.68. The van der Waals surface area contributed by atoms with Crippen molar-refractivity contribution in [3.8, 4) is 5.75 Å². The van der Waals surface area contributed by atoms with Crippen molar-refractivity contribution < 1.29 is 4.74 Å². The molecule has 0 aromatic heterocycles. The summed E-state index contributed by atoms with van der Waals surface area (Å²) in [5.41, 5.74) is 6.68. The molecule has 0 unspecified atom stereocenters. The molecule has 0 saturated carbocycles. The maximum Gasteiger partial charge on any atom is 0.119 e. The first kappa shape index (κ1) is 11.9. The number of benzene rings is 2. The number of nitrogens with two attached hydrogens (primary N) is 1. The fraction of sp³-hybridized carbons (Fsp3) is 0.143. The topological polar surface area (TPSA) is 35.2 Å². The number of anilines is 1. The second kappa shape index (κ2) is 6.21. The third-order valence-electron chi connectivity index (χ3n) is 2.27. The van der Waals surface area contributed by atoms with Crippen LogP contribution in [0.5, 0.6) is 5.75 Å². The largest absolute Gasteiger partial charge is 0.493 e. The van der Waals surface area contributed by atoms with Crippen molar-refractivity contribution >= 4 is 17.4 Å². The Labute approximate surface area is 106 Å². The lowest BCUT2D eigenvalue weighted by atomic mass is 10.3. The van der Waals surface area contributed by atoms with E-state index in [1.807, 2.05) is 54.6 Å². The fourth-order valence-electron chi connectivity index (χ4n) is 1.44. The van der Waals surface area contributed by atoms with Gasteiger partial charge in [0.1, 0.15) is 5.75 Å². The number of rotatable bonds is 5. The average Bonchev–Trinajstić information content (AvgIpc) is 2.38. The van der Waals surface area contributed by atoms with Crippen molar-refractivity contribution in [2.75, 3.05) is 18.1 Å². The summed E-state index contributed by atoms with van der Waals surface area (Å²) in [6.07, 6.45) is 0. The van der Waals surface area contributed by atoms with Crippen LogP contribution in [-0.4, -0.2) is 12.4 Å². The first-order valence-electron chi connectivity index (χ1n) is 5.51. The van der Waals surface area contributed by atoms with Gasteiger partial charge in [0.05, 0.1) is 6.61 Å². The number of hydrogen-bond donors (Lipinski definition) is 1. The molecule has 0 aliphatic carbocycles. The van der Waals surface area contributed by atoms with Crippen LogP contribution in [0, 0.1) is 0 Å². The van der Waals surface area contributed by atoms with Crippen LogP contribution in [0.3, 0.4) is 0 Å². The van der Waals surface area contributed by atoms with Crippen LogP contribution in [-0.2, 0) is 0 Å². The predicted molar refractivity (Wildman–Crippen MR) is 73.5 cm³/mol. The molecule has 2 nitrogen and oxygen atoms in total. The Morgan fingerprint density at radius 3 is 2.41 bits per heavy atom. The van der Waals surface area contributed by atoms with Crippen LogP contribution in [0.2, 0.25) is 0 Å². The molecule has 0 fully saturated rings. The first-order valence-corrected chi connectivity index (χ1v) is 6.50. The van der Waals surface area contributed by atoms with Gasteiger partial charge in [0.15, 0.2) is 0 Å². The third-order valence-corrected chi connectivity index (χ3v) is 3.33. The number of hydrogen-bond acceptors (Lipinski definition) is 3. The molecule has 88 valence electrons. The standard InChI is InChI=1S/C14H15NOS/c15-13-8-4-5-9-14(13)17-11-10-16-12-6-2-1-3-7-12/h1-9H,10-11,15H2. The summed E-state index contributed by atoms with van der Waals surface area (Å²) in [4.78, 5) is 1.11. The molecule has 0 amide bonds. The Hall–Kier alpha value is -1.61. The van der Waals surface area contributed by atoms with Crippen molar-refractivity contribution in [3.05, 3.63) is 54.6 Å². The minimum Gasteiger partial charge on any atom is -0.493 e. The van der Waals surface area contributed by atoms with Gasteiger partial charge in [0.25, 0.3) is 0 Å². The summed E-state index contributed by atoms with van der Waals surface area (Å²) >= 11 is 1.72. The normalized spacial score (nSPS) is 10.1. The summed E-state index contributed by atoms with van der Waals surface area (Å²) in [6, 6.07) is 17.7. The highest BCUT2D eigenvalue weighted by molar-refractivity contribution is 7.99. The molecule has 2 rings (SSSR count). The van der Waals surface area contributed by atoms with Gasteiger partial charge in [-0.15, -0.1) is 11.8 Å². The molecule has 0 spiro atoms. The maximum absolute atomic E-state index is 5.85. The second-order valence-electron chi connectivity index (χ2n) is 3.55. The van der Waals surface area contributed by atoms with Crippen LogP contribution in [0.4, 0.5) is 5.69 Å². The molecule has 0 heterocycles. The highest BCUT2D eigenvalue weighted by atomic mass is 32.2. The van der Waals surface area contributed by atoms with Crippen molar-refractivity contribution in [2.45, 2.75) is 4.90 Å². The predicted octanol–water partition coefficient (Wildman–Crippen LogP) is 3.44. The van der Waals surface area contributed by atoms with Gasteiger partial charge in [0, 0.05) is 16.3 Å². The first-order chi connectivity index (χ1) is 8.36. The Kier molecular flexibility index (Phi) is 4.33. The minimum absolute atomic E-state index is 0.684. The van der Waals surface area contributed by atoms with Crippen LogP contribution < -0.4 is 10.5 Å². The van der Waals surface area contributed by atoms with Gasteiger partial charge in [-0.25, -0.2) is 0 Å². The lowest BCUT2D eigenvalue weighted by Gasteiger charge is -2.07. The molecule has 0 aliphatic rings. The minimum atomic E-state index is 0.684. The lowest BCUT2D eigenvalue weighted by molar-refractivity contribution is 0.344. The van der Waals surface area contributed by atoms with Crippen LogP contribution >= 0.6 is 11.8 Å². The Morgan fingerprint density at radius 2 is 1.65 bits per heavy atom. The van der Waals surface area contributed by atoms with Crippen LogP contribution in [0.25, 0.3) is 0 Å². The summed E-state index contributed by atoms with van der Waals surface area (Å²) in [6.45, 7) is 0.684. The summed E-state index contributed by atoms with van der Waals surface area (Å²) in [7, 11) is 0. The Morgan fingerprint density at radius 1 is 0.941 bits per heavy atom. The zero-order valence-corrected chi connectivity index (χ0v) is 10.3. The smallest absolute Gasteiger partial charge is 0.119 e. The van der Waals surface area contributed by atoms with E-state index in [9.17, 15) is 0 Å². The molecule has 2 aromatic rings.